The first kappa shape index (κ1) is 14.3. The smallest absolute Gasteiger partial charge is 0.125 e. The lowest BCUT2D eigenvalue weighted by molar-refractivity contribution is 0.139. The van der Waals surface area contributed by atoms with Crippen LogP contribution in [0.5, 0.6) is 0 Å². The fourth-order valence-electron chi connectivity index (χ4n) is 2.66. The van der Waals surface area contributed by atoms with Gasteiger partial charge in [0.25, 0.3) is 0 Å². The fourth-order valence-corrected chi connectivity index (χ4v) is 2.66. The summed E-state index contributed by atoms with van der Waals surface area (Å²) in [5, 5.41) is 3.23. The van der Waals surface area contributed by atoms with Gasteiger partial charge in [0.05, 0.1) is 0 Å². The first-order valence-corrected chi connectivity index (χ1v) is 7.26. The van der Waals surface area contributed by atoms with Gasteiger partial charge < -0.3 is 10.2 Å². The van der Waals surface area contributed by atoms with Crippen LogP contribution in [0.3, 0.4) is 0 Å². The summed E-state index contributed by atoms with van der Waals surface area (Å²) >= 11 is 0. The molecule has 1 aromatic heterocycles. The zero-order valence-corrected chi connectivity index (χ0v) is 12.4. The first-order valence-electron chi connectivity index (χ1n) is 7.26. The number of nitrogens with one attached hydrogen (secondary N) is 1. The molecular weight excluding hydrogens is 236 g/mol. The number of hydrogen-bond donors (Lipinski definition) is 1. The molecule has 0 radical (unpaired) electrons. The van der Waals surface area contributed by atoms with E-state index in [9.17, 15) is 0 Å². The molecule has 1 aromatic rings. The lowest BCUT2D eigenvalue weighted by atomic mass is 10.0. The van der Waals surface area contributed by atoms with Gasteiger partial charge in [-0.25, -0.2) is 4.98 Å². The van der Waals surface area contributed by atoms with Gasteiger partial charge in [0.2, 0.25) is 0 Å². The van der Waals surface area contributed by atoms with Crippen molar-refractivity contribution < 1.29 is 0 Å². The minimum Gasteiger partial charge on any atom is -0.370 e. The Morgan fingerprint density at radius 2 is 2.11 bits per heavy atom. The summed E-state index contributed by atoms with van der Waals surface area (Å²) in [6.07, 6.45) is 4.54. The summed E-state index contributed by atoms with van der Waals surface area (Å²) < 4.78 is 0. The zero-order valence-electron chi connectivity index (χ0n) is 12.4. The summed E-state index contributed by atoms with van der Waals surface area (Å²) in [6, 6.07) is 4.96. The van der Waals surface area contributed by atoms with E-state index in [-0.39, 0.29) is 0 Å². The van der Waals surface area contributed by atoms with E-state index in [2.05, 4.69) is 53.3 Å². The van der Waals surface area contributed by atoms with Crippen LogP contribution < -0.4 is 5.32 Å². The third-order valence-electron chi connectivity index (χ3n) is 3.93. The highest BCUT2D eigenvalue weighted by molar-refractivity contribution is 5.35. The number of anilines is 1. The number of aromatic nitrogens is 1. The van der Waals surface area contributed by atoms with Gasteiger partial charge >= 0.3 is 0 Å². The molecule has 1 aliphatic heterocycles. The van der Waals surface area contributed by atoms with Gasteiger partial charge in [0, 0.05) is 25.3 Å². The van der Waals surface area contributed by atoms with Crippen molar-refractivity contribution in [1.29, 1.82) is 0 Å². The van der Waals surface area contributed by atoms with Gasteiger partial charge in [0.15, 0.2) is 0 Å². The first-order chi connectivity index (χ1) is 9.19. The lowest BCUT2D eigenvalue weighted by Gasteiger charge is -2.35. The molecule has 0 atom stereocenters. The van der Waals surface area contributed by atoms with Gasteiger partial charge in [-0.3, -0.25) is 4.90 Å². The predicted molar refractivity (Wildman–Crippen MR) is 80.4 cm³/mol. The summed E-state index contributed by atoms with van der Waals surface area (Å²) in [6.45, 7) is 6.43. The maximum Gasteiger partial charge on any atom is 0.125 e. The molecule has 0 aromatic carbocycles. The number of pyridine rings is 1. The molecule has 2 heterocycles. The van der Waals surface area contributed by atoms with E-state index in [0.29, 0.717) is 6.04 Å². The molecule has 2 rings (SSSR count). The van der Waals surface area contributed by atoms with Crippen LogP contribution in [0, 0.1) is 0 Å². The summed E-state index contributed by atoms with van der Waals surface area (Å²) in [7, 11) is 4.44. The molecule has 0 amide bonds. The molecule has 1 N–H and O–H groups in total. The van der Waals surface area contributed by atoms with Gasteiger partial charge in [-0.1, -0.05) is 6.07 Å². The highest BCUT2D eigenvalue weighted by atomic mass is 15.2. The second-order valence-corrected chi connectivity index (χ2v) is 5.53. The van der Waals surface area contributed by atoms with Crippen molar-refractivity contribution in [3.8, 4) is 0 Å². The van der Waals surface area contributed by atoms with E-state index in [1.54, 1.807) is 0 Å². The van der Waals surface area contributed by atoms with Crippen molar-refractivity contribution in [2.75, 3.05) is 39.0 Å². The van der Waals surface area contributed by atoms with Crippen LogP contribution in [0.15, 0.2) is 18.3 Å². The van der Waals surface area contributed by atoms with E-state index < -0.39 is 0 Å². The zero-order chi connectivity index (χ0) is 13.7. The molecule has 4 nitrogen and oxygen atoms in total. The maximum absolute atomic E-state index is 4.43. The van der Waals surface area contributed by atoms with E-state index in [0.717, 1.165) is 18.9 Å². The fraction of sp³-hybridized carbons (Fsp3) is 0.667. The Bertz CT molecular complexity index is 368. The lowest BCUT2D eigenvalue weighted by Crippen LogP contribution is -2.41. The minimum atomic E-state index is 0.713. The quantitative estimate of drug-likeness (QED) is 0.880. The molecule has 4 heteroatoms. The van der Waals surface area contributed by atoms with Gasteiger partial charge in [0.1, 0.15) is 5.82 Å². The Kier molecular flexibility index (Phi) is 5.16. The second-order valence-electron chi connectivity index (χ2n) is 5.53. The van der Waals surface area contributed by atoms with E-state index >= 15 is 0 Å². The summed E-state index contributed by atoms with van der Waals surface area (Å²) in [4.78, 5) is 9.32. The molecule has 0 spiro atoms. The Morgan fingerprint density at radius 3 is 2.68 bits per heavy atom. The van der Waals surface area contributed by atoms with E-state index in [1.807, 2.05) is 6.20 Å². The van der Waals surface area contributed by atoms with Crippen molar-refractivity contribution in [2.24, 2.45) is 0 Å². The van der Waals surface area contributed by atoms with Gasteiger partial charge in [-0.2, -0.15) is 0 Å². The summed E-state index contributed by atoms with van der Waals surface area (Å²) in [5.74, 6) is 0.966. The van der Waals surface area contributed by atoms with Crippen LogP contribution in [0.1, 0.15) is 25.3 Å². The number of hydrogen-bond acceptors (Lipinski definition) is 4. The molecule has 0 unspecified atom stereocenters. The Balaban J connectivity index is 1.86. The van der Waals surface area contributed by atoms with Crippen molar-refractivity contribution in [3.05, 3.63) is 23.9 Å². The number of nitrogens with zero attached hydrogens (tertiary/aromatic N) is 3. The standard InChI is InChI=1S/C15H26N4/c1-4-16-15-6-5-13(11-17-15)12-19(3)14-7-9-18(2)10-8-14/h5-6,11,14H,4,7-10,12H2,1-3H3,(H,16,17). The third-order valence-corrected chi connectivity index (χ3v) is 3.93. The Hall–Kier alpha value is -1.13. The van der Waals surface area contributed by atoms with Crippen LogP contribution in [-0.2, 0) is 6.54 Å². The largest absolute Gasteiger partial charge is 0.370 e. The topological polar surface area (TPSA) is 31.4 Å². The monoisotopic (exact) mass is 262 g/mol. The molecule has 0 bridgehead atoms. The molecule has 0 saturated carbocycles. The van der Waals surface area contributed by atoms with E-state index in [1.165, 1.54) is 31.5 Å². The minimum absolute atomic E-state index is 0.713. The molecule has 0 aliphatic carbocycles. The van der Waals surface area contributed by atoms with Gasteiger partial charge in [-0.05, 0) is 58.6 Å². The van der Waals surface area contributed by atoms with Crippen LogP contribution in [-0.4, -0.2) is 54.6 Å². The molecule has 1 saturated heterocycles. The second kappa shape index (κ2) is 6.87. The van der Waals surface area contributed by atoms with E-state index in [4.69, 9.17) is 0 Å². The van der Waals surface area contributed by atoms with Crippen LogP contribution >= 0.6 is 0 Å². The van der Waals surface area contributed by atoms with Crippen LogP contribution in [0.25, 0.3) is 0 Å². The summed E-state index contributed by atoms with van der Waals surface area (Å²) in [5.41, 5.74) is 1.29. The normalized spacial score (nSPS) is 17.9. The van der Waals surface area contributed by atoms with Crippen LogP contribution in [0.2, 0.25) is 0 Å². The Morgan fingerprint density at radius 1 is 1.37 bits per heavy atom. The highest BCUT2D eigenvalue weighted by Crippen LogP contribution is 2.16. The maximum atomic E-state index is 4.43. The molecule has 106 valence electrons. The number of rotatable bonds is 5. The van der Waals surface area contributed by atoms with Crippen molar-refractivity contribution in [3.63, 3.8) is 0 Å². The molecular formula is C15H26N4. The molecule has 1 aliphatic rings. The Labute approximate surface area is 116 Å². The van der Waals surface area contributed by atoms with Crippen LogP contribution in [0.4, 0.5) is 5.82 Å². The van der Waals surface area contributed by atoms with Gasteiger partial charge in [-0.15, -0.1) is 0 Å². The highest BCUT2D eigenvalue weighted by Gasteiger charge is 2.20. The number of likely N-dealkylation sites (tertiary alicyclic amines) is 1. The average molecular weight is 262 g/mol. The third kappa shape index (κ3) is 4.18. The molecule has 19 heavy (non-hydrogen) atoms. The number of piperidine rings is 1. The van der Waals surface area contributed by atoms with Crippen molar-refractivity contribution >= 4 is 5.82 Å². The van der Waals surface area contributed by atoms with Crippen molar-refractivity contribution in [2.45, 2.75) is 32.4 Å². The SMILES string of the molecule is CCNc1ccc(CN(C)C2CCN(C)CC2)cn1. The predicted octanol–water partition coefficient (Wildman–Crippen LogP) is 2.04. The molecule has 1 fully saturated rings. The average Bonchev–Trinajstić information content (AvgIpc) is 2.42. The van der Waals surface area contributed by atoms with Crippen molar-refractivity contribution in [1.82, 2.24) is 14.8 Å².